The summed E-state index contributed by atoms with van der Waals surface area (Å²) in [6.07, 6.45) is -9.28. The molecule has 7 rings (SSSR count). The zero-order valence-electron chi connectivity index (χ0n) is 34.5. The molecule has 0 radical (unpaired) electrons. The van der Waals surface area contributed by atoms with Gasteiger partial charge in [-0.3, -0.25) is 9.59 Å². The van der Waals surface area contributed by atoms with Crippen molar-refractivity contribution < 1.29 is 79.2 Å². The molecule has 16 heteroatoms. The molecule has 0 aromatic heterocycles. The van der Waals surface area contributed by atoms with E-state index in [0.717, 1.165) is 12.0 Å². The number of aliphatic hydroxyl groups excluding tert-OH is 9. The van der Waals surface area contributed by atoms with Crippen LogP contribution in [0.15, 0.2) is 11.6 Å². The average Bonchev–Trinajstić information content (AvgIpc) is 3.19. The minimum absolute atomic E-state index is 0.00612. The highest BCUT2D eigenvalue weighted by atomic mass is 16.7. The number of allylic oxidation sites excluding steroid dienone is 2. The molecule has 58 heavy (non-hydrogen) atoms. The molecule has 7 aliphatic rings. The van der Waals surface area contributed by atoms with Gasteiger partial charge in [-0.25, -0.2) is 0 Å². The van der Waals surface area contributed by atoms with Crippen molar-refractivity contribution in [2.45, 2.75) is 160 Å². The first-order chi connectivity index (χ1) is 27.1. The summed E-state index contributed by atoms with van der Waals surface area (Å²) in [6.45, 7) is 9.20. The summed E-state index contributed by atoms with van der Waals surface area (Å²) in [7, 11) is 1.35. The van der Waals surface area contributed by atoms with Crippen LogP contribution in [-0.2, 0) is 33.3 Å². The largest absolute Gasteiger partial charge is 0.469 e. The number of methoxy groups -OCH3 is 1. The van der Waals surface area contributed by atoms with Crippen LogP contribution in [0.25, 0.3) is 0 Å². The van der Waals surface area contributed by atoms with Crippen molar-refractivity contribution in [1.29, 1.82) is 0 Å². The number of carbonyl (C=O) groups is 2. The van der Waals surface area contributed by atoms with Gasteiger partial charge >= 0.3 is 11.9 Å². The molecule has 0 unspecified atom stereocenters. The summed E-state index contributed by atoms with van der Waals surface area (Å²) < 4.78 is 28.7. The number of fused-ring (bicyclic) bond motifs is 7. The van der Waals surface area contributed by atoms with Gasteiger partial charge in [0, 0.05) is 5.41 Å². The third-order valence-corrected chi connectivity index (χ3v) is 17.4. The number of hydrogen-bond acceptors (Lipinski definition) is 16. The predicted octanol–water partition coefficient (Wildman–Crippen LogP) is 0.0517. The molecule has 20 atom stereocenters. The Morgan fingerprint density at radius 1 is 0.776 bits per heavy atom. The SMILES string of the molecule is COC(=O)[C@@]1(C)CC[C@]2(C(=O)O[C@@H]3O[C@H](CO)[C@H](O)[C@H](O)[C@H]3O)CC[C@]3(C)C(=CC[C@@H]4[C@@]5(C)C[C@H](O)[C@H](O[C@@H]6OC[C@@H](O)[C@H](O)[C@H]6O)[C@@](C)(CO)[C@@H]5CC[C@]43C)[C@@H]2C1. The molecule has 0 aromatic carbocycles. The van der Waals surface area contributed by atoms with Crippen molar-refractivity contribution in [2.75, 3.05) is 26.9 Å². The fraction of sp³-hybridized carbons (Fsp3) is 0.905. The first kappa shape index (κ1) is 44.3. The van der Waals surface area contributed by atoms with E-state index in [9.17, 15) is 55.5 Å². The van der Waals surface area contributed by atoms with Gasteiger partial charge in [0.15, 0.2) is 6.29 Å². The maximum Gasteiger partial charge on any atom is 0.315 e. The first-order valence-corrected chi connectivity index (χ1v) is 21.0. The molecule has 9 N–H and O–H groups in total. The standard InChI is InChI=1S/C42H66O16/c1-37(35(52)54-6)11-13-42(36(53)58-34-31(51)29(49)28(48)24(17-43)56-34)14-12-40(4)20(21(42)15-37)7-8-26-38(2)16-22(45)32(57-33-30(50)27(47)23(46)18-55-33)39(3,19-44)25(38)9-10-41(26,40)5/h7,21-34,43-51H,8-19H2,1-6H3/t21-,22-,23+,24+,25+,26+,27-,28-,29-,30+,31+,32-,33-,34-,37-,38-,39-,40+,41+,42-/m0/s1. The Hall–Kier alpha value is -1.80. The van der Waals surface area contributed by atoms with Crippen molar-refractivity contribution >= 4 is 11.9 Å². The van der Waals surface area contributed by atoms with Crippen LogP contribution in [0.5, 0.6) is 0 Å². The lowest BCUT2D eigenvalue weighted by atomic mass is 9.33. The second-order valence-electron chi connectivity index (χ2n) is 20.1. The normalized spacial score (nSPS) is 54.2. The number of carbonyl (C=O) groups excluding carboxylic acids is 2. The second-order valence-corrected chi connectivity index (χ2v) is 20.1. The van der Waals surface area contributed by atoms with E-state index in [4.69, 9.17) is 23.7 Å². The second kappa shape index (κ2) is 15.2. The summed E-state index contributed by atoms with van der Waals surface area (Å²) in [5.41, 5.74) is -3.35. The Balaban J connectivity index is 1.22. The highest BCUT2D eigenvalue weighted by Gasteiger charge is 2.72. The number of aliphatic hydroxyl groups is 9. The molecule has 0 bridgehead atoms. The van der Waals surface area contributed by atoms with Crippen LogP contribution in [0.3, 0.4) is 0 Å². The Bertz CT molecular complexity index is 1610. The van der Waals surface area contributed by atoms with Crippen LogP contribution in [0.1, 0.15) is 92.4 Å². The van der Waals surface area contributed by atoms with Crippen molar-refractivity contribution in [3.05, 3.63) is 11.6 Å². The lowest BCUT2D eigenvalue weighted by Crippen LogP contribution is -2.69. The lowest BCUT2D eigenvalue weighted by Gasteiger charge is -2.71. The summed E-state index contributed by atoms with van der Waals surface area (Å²) in [5, 5.41) is 95.6. The predicted molar refractivity (Wildman–Crippen MR) is 201 cm³/mol. The first-order valence-electron chi connectivity index (χ1n) is 21.0. The van der Waals surface area contributed by atoms with Crippen LogP contribution < -0.4 is 0 Å². The minimum Gasteiger partial charge on any atom is -0.469 e. The summed E-state index contributed by atoms with van der Waals surface area (Å²) in [4.78, 5) is 28.1. The van der Waals surface area contributed by atoms with Gasteiger partial charge in [0.2, 0.25) is 6.29 Å². The van der Waals surface area contributed by atoms with E-state index in [2.05, 4.69) is 26.8 Å². The van der Waals surface area contributed by atoms with Gasteiger partial charge in [-0.05, 0) is 98.7 Å². The van der Waals surface area contributed by atoms with E-state index in [0.29, 0.717) is 44.9 Å². The molecule has 0 amide bonds. The Labute approximate surface area is 339 Å². The number of rotatable bonds is 7. The Morgan fingerprint density at radius 3 is 2.10 bits per heavy atom. The highest BCUT2D eigenvalue weighted by molar-refractivity contribution is 5.81. The summed E-state index contributed by atoms with van der Waals surface area (Å²) in [5.74, 6) is -1.63. The smallest absolute Gasteiger partial charge is 0.315 e. The monoisotopic (exact) mass is 826 g/mol. The van der Waals surface area contributed by atoms with E-state index in [1.165, 1.54) is 7.11 Å². The van der Waals surface area contributed by atoms with Crippen LogP contribution in [0.2, 0.25) is 0 Å². The molecular formula is C42H66O16. The van der Waals surface area contributed by atoms with Crippen LogP contribution in [-0.4, -0.2) is 152 Å². The molecule has 2 aliphatic heterocycles. The van der Waals surface area contributed by atoms with Gasteiger partial charge < -0.3 is 69.6 Å². The number of ether oxygens (including phenoxy) is 5. The Morgan fingerprint density at radius 2 is 1.45 bits per heavy atom. The number of hydrogen-bond donors (Lipinski definition) is 9. The van der Waals surface area contributed by atoms with E-state index in [1.807, 2.05) is 13.8 Å². The van der Waals surface area contributed by atoms with Crippen molar-refractivity contribution in [3.63, 3.8) is 0 Å². The maximum absolute atomic E-state index is 14.7. The number of esters is 2. The molecule has 330 valence electrons. The maximum atomic E-state index is 14.7. The summed E-state index contributed by atoms with van der Waals surface area (Å²) in [6, 6.07) is 0. The fourth-order valence-corrected chi connectivity index (χ4v) is 13.7. The topological polar surface area (TPSA) is 262 Å². The van der Waals surface area contributed by atoms with E-state index in [1.54, 1.807) is 0 Å². The molecule has 6 fully saturated rings. The molecule has 5 aliphatic carbocycles. The zero-order valence-corrected chi connectivity index (χ0v) is 34.5. The molecule has 4 saturated carbocycles. The third-order valence-electron chi connectivity index (χ3n) is 17.4. The van der Waals surface area contributed by atoms with E-state index < -0.39 is 113 Å². The zero-order chi connectivity index (χ0) is 42.5. The van der Waals surface area contributed by atoms with Gasteiger partial charge in [-0.2, -0.15) is 0 Å². The molecule has 0 aromatic rings. The highest BCUT2D eigenvalue weighted by Crippen LogP contribution is 2.76. The van der Waals surface area contributed by atoms with E-state index >= 15 is 0 Å². The molecular weight excluding hydrogens is 760 g/mol. The molecule has 16 nitrogen and oxygen atoms in total. The average molecular weight is 827 g/mol. The molecule has 2 saturated heterocycles. The fourth-order valence-electron chi connectivity index (χ4n) is 13.7. The van der Waals surface area contributed by atoms with E-state index in [-0.39, 0.29) is 42.9 Å². The van der Waals surface area contributed by atoms with Crippen LogP contribution in [0.4, 0.5) is 0 Å². The minimum atomic E-state index is -1.76. The Kier molecular flexibility index (Phi) is 11.6. The van der Waals surface area contributed by atoms with Gasteiger partial charge in [-0.15, -0.1) is 0 Å². The van der Waals surface area contributed by atoms with Gasteiger partial charge in [-0.1, -0.05) is 39.3 Å². The molecule has 0 spiro atoms. The van der Waals surface area contributed by atoms with Gasteiger partial charge in [0.1, 0.15) is 42.7 Å². The third kappa shape index (κ3) is 6.29. The summed E-state index contributed by atoms with van der Waals surface area (Å²) >= 11 is 0. The molecule has 2 heterocycles. The van der Waals surface area contributed by atoms with Gasteiger partial charge in [0.25, 0.3) is 0 Å². The van der Waals surface area contributed by atoms with Crippen LogP contribution in [0, 0.1) is 50.2 Å². The lowest BCUT2D eigenvalue weighted by molar-refractivity contribution is -0.328. The van der Waals surface area contributed by atoms with Crippen molar-refractivity contribution in [3.8, 4) is 0 Å². The van der Waals surface area contributed by atoms with Crippen LogP contribution >= 0.6 is 0 Å². The van der Waals surface area contributed by atoms with Crippen molar-refractivity contribution in [1.82, 2.24) is 0 Å². The quantitative estimate of drug-likeness (QED) is 0.0933. The van der Waals surface area contributed by atoms with Gasteiger partial charge in [0.05, 0.1) is 50.0 Å². The van der Waals surface area contributed by atoms with Crippen molar-refractivity contribution in [2.24, 2.45) is 50.2 Å².